The molecule has 9 heteroatoms. The third-order valence-electron chi connectivity index (χ3n) is 5.78. The van der Waals surface area contributed by atoms with Gasteiger partial charge in [-0.25, -0.2) is 17.9 Å². The Morgan fingerprint density at radius 3 is 2.39 bits per heavy atom. The van der Waals surface area contributed by atoms with Gasteiger partial charge in [-0.05, 0) is 73.7 Å². The van der Waals surface area contributed by atoms with Crippen LogP contribution < -0.4 is 10.0 Å². The van der Waals surface area contributed by atoms with E-state index in [0.717, 1.165) is 24.0 Å². The zero-order valence-corrected chi connectivity index (χ0v) is 21.6. The van der Waals surface area contributed by atoms with Gasteiger partial charge in [-0.2, -0.15) is 0 Å². The molecular weight excluding hydrogens is 478 g/mol. The van der Waals surface area contributed by atoms with Crippen LogP contribution >= 0.6 is 0 Å². The fourth-order valence-corrected chi connectivity index (χ4v) is 4.63. The molecule has 0 aliphatic rings. The Morgan fingerprint density at radius 2 is 1.75 bits per heavy atom. The lowest BCUT2D eigenvalue weighted by Crippen LogP contribution is -2.49. The number of carboxylic acid groups (broad SMARTS) is 1. The van der Waals surface area contributed by atoms with Crippen molar-refractivity contribution in [2.45, 2.75) is 57.5 Å². The second kappa shape index (κ2) is 11.0. The lowest BCUT2D eigenvalue weighted by molar-refractivity contribution is -0.143. The first-order chi connectivity index (χ1) is 16.9. The van der Waals surface area contributed by atoms with Crippen LogP contribution in [-0.4, -0.2) is 35.9 Å². The Morgan fingerprint density at radius 1 is 1.03 bits per heavy atom. The van der Waals surface area contributed by atoms with Crippen molar-refractivity contribution >= 4 is 21.9 Å². The number of rotatable bonds is 10. The van der Waals surface area contributed by atoms with Gasteiger partial charge in [0.05, 0.1) is 0 Å². The predicted molar refractivity (Wildman–Crippen MR) is 138 cm³/mol. The van der Waals surface area contributed by atoms with Crippen molar-refractivity contribution in [1.29, 1.82) is 0 Å². The van der Waals surface area contributed by atoms with Gasteiger partial charge >= 0.3 is 5.97 Å². The van der Waals surface area contributed by atoms with Crippen molar-refractivity contribution in [2.75, 3.05) is 0 Å². The summed E-state index contributed by atoms with van der Waals surface area (Å²) in [4.78, 5) is 28.9. The van der Waals surface area contributed by atoms with Gasteiger partial charge in [-0.15, -0.1) is 0 Å². The molecule has 0 bridgehead atoms. The number of nitrogens with one attached hydrogen (secondary N) is 2. The van der Waals surface area contributed by atoms with E-state index in [0.29, 0.717) is 22.4 Å². The molecule has 2 aromatic carbocycles. The molecule has 1 heterocycles. The molecule has 0 saturated heterocycles. The molecule has 1 aromatic heterocycles. The van der Waals surface area contributed by atoms with Crippen LogP contribution in [0.25, 0.3) is 11.1 Å². The molecule has 0 radical (unpaired) electrons. The van der Waals surface area contributed by atoms with E-state index in [1.807, 2.05) is 24.3 Å². The number of aryl methyl sites for hydroxylation is 2. The second-order valence-corrected chi connectivity index (χ2v) is 10.9. The third kappa shape index (κ3) is 6.35. The summed E-state index contributed by atoms with van der Waals surface area (Å²) in [5.41, 5.74) is 2.68. The topological polar surface area (TPSA) is 125 Å². The maximum absolute atomic E-state index is 13.2. The van der Waals surface area contributed by atoms with E-state index >= 15 is 0 Å². The number of benzene rings is 2. The molecule has 3 N–H and O–H groups in total. The quantitative estimate of drug-likeness (QED) is 0.378. The van der Waals surface area contributed by atoms with Crippen molar-refractivity contribution in [3.8, 4) is 11.1 Å². The lowest BCUT2D eigenvalue weighted by atomic mass is 9.91. The SMILES string of the molecule is CCCc1ccccc1-c1cc(CNS(=O)(=O)c2ccc(C)nc2)ccc1C(=O)NC(C)(C)C(=O)O. The summed E-state index contributed by atoms with van der Waals surface area (Å²) in [6.45, 7) is 6.67. The molecule has 0 fully saturated rings. The standard InChI is InChI=1S/C27H31N3O5S/c1-5-8-20-9-6-7-10-22(20)24-15-19(12-14-23(24)25(31)30-27(3,4)26(32)33)16-29-36(34,35)21-13-11-18(2)28-17-21/h6-7,9-15,17,29H,5,8,16H2,1-4H3,(H,30,31)(H,32,33). The van der Waals surface area contributed by atoms with Crippen molar-refractivity contribution < 1.29 is 23.1 Å². The summed E-state index contributed by atoms with van der Waals surface area (Å²) in [5, 5.41) is 12.0. The number of pyridine rings is 1. The number of amides is 1. The van der Waals surface area contributed by atoms with Gasteiger partial charge in [0, 0.05) is 24.0 Å². The maximum atomic E-state index is 13.2. The normalized spacial score (nSPS) is 11.8. The Kier molecular flexibility index (Phi) is 8.27. The van der Waals surface area contributed by atoms with E-state index in [1.165, 1.54) is 26.1 Å². The number of aliphatic carboxylic acids is 1. The van der Waals surface area contributed by atoms with E-state index < -0.39 is 27.4 Å². The van der Waals surface area contributed by atoms with Gasteiger partial charge in [-0.3, -0.25) is 9.78 Å². The van der Waals surface area contributed by atoms with E-state index in [2.05, 4.69) is 21.9 Å². The van der Waals surface area contributed by atoms with Gasteiger partial charge in [0.2, 0.25) is 10.0 Å². The summed E-state index contributed by atoms with van der Waals surface area (Å²) in [5.74, 6) is -1.68. The van der Waals surface area contributed by atoms with Gasteiger partial charge in [0.25, 0.3) is 5.91 Å². The number of hydrogen-bond donors (Lipinski definition) is 3. The largest absolute Gasteiger partial charge is 0.480 e. The Hall–Kier alpha value is -3.56. The number of nitrogens with zero attached hydrogens (tertiary/aromatic N) is 1. The maximum Gasteiger partial charge on any atom is 0.328 e. The first-order valence-electron chi connectivity index (χ1n) is 11.6. The highest BCUT2D eigenvalue weighted by Gasteiger charge is 2.30. The number of carbonyl (C=O) groups is 2. The molecule has 0 atom stereocenters. The van der Waals surface area contributed by atoms with Gasteiger partial charge in [-0.1, -0.05) is 43.7 Å². The van der Waals surface area contributed by atoms with Crippen molar-refractivity contribution in [1.82, 2.24) is 15.0 Å². The van der Waals surface area contributed by atoms with Crippen LogP contribution in [0.15, 0.2) is 65.7 Å². The molecule has 1 amide bonds. The summed E-state index contributed by atoms with van der Waals surface area (Å²) in [6.07, 6.45) is 2.99. The molecule has 0 spiro atoms. The monoisotopic (exact) mass is 509 g/mol. The highest BCUT2D eigenvalue weighted by molar-refractivity contribution is 7.89. The van der Waals surface area contributed by atoms with Crippen molar-refractivity contribution in [2.24, 2.45) is 0 Å². The highest BCUT2D eigenvalue weighted by atomic mass is 32.2. The molecule has 3 aromatic rings. The van der Waals surface area contributed by atoms with Crippen LogP contribution in [0, 0.1) is 6.92 Å². The lowest BCUT2D eigenvalue weighted by Gasteiger charge is -2.22. The zero-order chi connectivity index (χ0) is 26.5. The second-order valence-electron chi connectivity index (χ2n) is 9.13. The highest BCUT2D eigenvalue weighted by Crippen LogP contribution is 2.30. The molecule has 3 rings (SSSR count). The van der Waals surface area contributed by atoms with Crippen LogP contribution in [0.3, 0.4) is 0 Å². The van der Waals surface area contributed by atoms with Crippen molar-refractivity contribution in [3.05, 3.63) is 83.2 Å². The van der Waals surface area contributed by atoms with Crippen LogP contribution in [0.5, 0.6) is 0 Å². The van der Waals surface area contributed by atoms with Crippen LogP contribution in [-0.2, 0) is 27.8 Å². The summed E-state index contributed by atoms with van der Waals surface area (Å²) < 4.78 is 28.1. The van der Waals surface area contributed by atoms with E-state index in [4.69, 9.17) is 0 Å². The molecule has 0 aliphatic carbocycles. The summed E-state index contributed by atoms with van der Waals surface area (Å²) in [6, 6.07) is 15.8. The first-order valence-corrected chi connectivity index (χ1v) is 13.1. The molecule has 190 valence electrons. The van der Waals surface area contributed by atoms with Crippen LogP contribution in [0.4, 0.5) is 0 Å². The Labute approximate surface area is 211 Å². The molecule has 8 nitrogen and oxygen atoms in total. The number of aromatic nitrogens is 1. The number of carboxylic acids is 1. The fourth-order valence-electron chi connectivity index (χ4n) is 3.67. The van der Waals surface area contributed by atoms with E-state index in [-0.39, 0.29) is 11.4 Å². The average molecular weight is 510 g/mol. The minimum Gasteiger partial charge on any atom is -0.480 e. The van der Waals surface area contributed by atoms with E-state index in [9.17, 15) is 23.1 Å². The number of carbonyl (C=O) groups excluding carboxylic acids is 1. The van der Waals surface area contributed by atoms with Gasteiger partial charge < -0.3 is 10.4 Å². The minimum atomic E-state index is -3.79. The number of sulfonamides is 1. The molecule has 0 saturated carbocycles. The minimum absolute atomic E-state index is 0.00166. The summed E-state index contributed by atoms with van der Waals surface area (Å²) in [7, 11) is -3.79. The smallest absolute Gasteiger partial charge is 0.328 e. The number of hydrogen-bond acceptors (Lipinski definition) is 5. The first kappa shape index (κ1) is 27.0. The zero-order valence-electron chi connectivity index (χ0n) is 20.8. The van der Waals surface area contributed by atoms with Crippen LogP contribution in [0.2, 0.25) is 0 Å². The molecule has 36 heavy (non-hydrogen) atoms. The van der Waals surface area contributed by atoms with E-state index in [1.54, 1.807) is 31.2 Å². The average Bonchev–Trinajstić information content (AvgIpc) is 2.83. The van der Waals surface area contributed by atoms with Crippen LogP contribution in [0.1, 0.15) is 54.4 Å². The van der Waals surface area contributed by atoms with Crippen molar-refractivity contribution in [3.63, 3.8) is 0 Å². The third-order valence-corrected chi connectivity index (χ3v) is 7.16. The molecule has 0 aliphatic heterocycles. The molecule has 0 unspecified atom stereocenters. The Bertz CT molecular complexity index is 1370. The fraction of sp³-hybridized carbons (Fsp3) is 0.296. The summed E-state index contributed by atoms with van der Waals surface area (Å²) >= 11 is 0. The Balaban J connectivity index is 2.00. The molecular formula is C27H31N3O5S. The van der Waals surface area contributed by atoms with Gasteiger partial charge in [0.15, 0.2) is 0 Å². The predicted octanol–water partition coefficient (Wildman–Crippen LogP) is 4.08. The van der Waals surface area contributed by atoms with Gasteiger partial charge in [0.1, 0.15) is 10.4 Å².